The third-order valence-electron chi connectivity index (χ3n) is 6.66. The van der Waals surface area contributed by atoms with E-state index >= 15 is 0 Å². The van der Waals surface area contributed by atoms with Crippen LogP contribution in [0, 0.1) is 6.92 Å². The first-order valence-corrected chi connectivity index (χ1v) is 11.3. The Morgan fingerprint density at radius 1 is 1.13 bits per heavy atom. The zero-order chi connectivity index (χ0) is 21.3. The van der Waals surface area contributed by atoms with Crippen LogP contribution in [-0.2, 0) is 4.79 Å². The molecule has 1 aromatic rings. The van der Waals surface area contributed by atoms with E-state index in [1.807, 2.05) is 17.9 Å². The van der Waals surface area contributed by atoms with Crippen molar-refractivity contribution in [3.05, 3.63) is 28.8 Å². The van der Waals surface area contributed by atoms with Gasteiger partial charge in [0.1, 0.15) is 17.9 Å². The third-order valence-corrected chi connectivity index (χ3v) is 7.08. The summed E-state index contributed by atoms with van der Waals surface area (Å²) in [5.74, 6) is 0.553. The van der Waals surface area contributed by atoms with Gasteiger partial charge in [-0.25, -0.2) is 4.79 Å². The highest BCUT2D eigenvalue weighted by Crippen LogP contribution is 2.29. The van der Waals surface area contributed by atoms with E-state index in [-0.39, 0.29) is 18.6 Å². The largest absolute Gasteiger partial charge is 0.488 e. The van der Waals surface area contributed by atoms with Crippen molar-refractivity contribution in [2.24, 2.45) is 0 Å². The molecular formula is C22H30ClN3O4. The average molecular weight is 436 g/mol. The predicted molar refractivity (Wildman–Crippen MR) is 114 cm³/mol. The minimum atomic E-state index is -1.07. The minimum absolute atomic E-state index is 0.0914. The maximum absolute atomic E-state index is 13.3. The highest BCUT2D eigenvalue weighted by molar-refractivity contribution is 6.31. The van der Waals surface area contributed by atoms with Gasteiger partial charge in [0.05, 0.1) is 6.54 Å². The Morgan fingerprint density at radius 2 is 1.93 bits per heavy atom. The van der Waals surface area contributed by atoms with Crippen LogP contribution in [0.1, 0.15) is 37.7 Å². The van der Waals surface area contributed by atoms with Gasteiger partial charge in [-0.3, -0.25) is 14.6 Å². The van der Waals surface area contributed by atoms with Gasteiger partial charge in [-0.05, 0) is 49.9 Å². The lowest BCUT2D eigenvalue weighted by molar-refractivity contribution is -0.135. The number of carboxylic acid groups (broad SMARTS) is 1. The van der Waals surface area contributed by atoms with Gasteiger partial charge in [0.15, 0.2) is 0 Å². The summed E-state index contributed by atoms with van der Waals surface area (Å²) in [6.07, 6.45) is 3.70. The van der Waals surface area contributed by atoms with Crippen molar-refractivity contribution < 1.29 is 19.4 Å². The molecule has 2 saturated heterocycles. The summed E-state index contributed by atoms with van der Waals surface area (Å²) in [6, 6.07) is 5.37. The number of aryl methyl sites for hydroxylation is 1. The van der Waals surface area contributed by atoms with Crippen molar-refractivity contribution in [3.8, 4) is 5.75 Å². The van der Waals surface area contributed by atoms with Crippen LogP contribution < -0.4 is 4.74 Å². The molecule has 0 aromatic heterocycles. The van der Waals surface area contributed by atoms with Gasteiger partial charge >= 0.3 is 6.09 Å². The van der Waals surface area contributed by atoms with E-state index in [1.165, 1.54) is 24.2 Å². The summed E-state index contributed by atoms with van der Waals surface area (Å²) >= 11 is 6.07. The van der Waals surface area contributed by atoms with Crippen molar-refractivity contribution >= 4 is 23.6 Å². The molecule has 2 aliphatic heterocycles. The Kier molecular flexibility index (Phi) is 6.39. The quantitative estimate of drug-likeness (QED) is 0.786. The molecule has 0 unspecified atom stereocenters. The molecule has 7 nitrogen and oxygen atoms in total. The van der Waals surface area contributed by atoms with E-state index in [4.69, 9.17) is 16.3 Å². The Balaban J connectivity index is 1.40. The molecule has 2 atom stereocenters. The molecule has 1 saturated carbocycles. The van der Waals surface area contributed by atoms with Crippen molar-refractivity contribution in [2.45, 2.75) is 57.2 Å². The minimum Gasteiger partial charge on any atom is -0.488 e. The summed E-state index contributed by atoms with van der Waals surface area (Å²) in [6.45, 7) is 5.33. The van der Waals surface area contributed by atoms with Crippen LogP contribution in [-0.4, -0.2) is 82.7 Å². The second kappa shape index (κ2) is 9.02. The number of nitrogens with zero attached hydrogens (tertiary/aromatic N) is 3. The first-order chi connectivity index (χ1) is 14.4. The molecule has 1 aromatic carbocycles. The normalized spacial score (nSPS) is 25.7. The fraction of sp³-hybridized carbons (Fsp3) is 0.636. The van der Waals surface area contributed by atoms with Crippen LogP contribution in [0.5, 0.6) is 5.75 Å². The number of halogens is 1. The number of carbonyl (C=O) groups is 2. The number of likely N-dealkylation sites (tertiary alicyclic amines) is 1. The number of rotatable bonds is 4. The van der Waals surface area contributed by atoms with Crippen LogP contribution in [0.25, 0.3) is 0 Å². The van der Waals surface area contributed by atoms with E-state index in [2.05, 4.69) is 4.90 Å². The van der Waals surface area contributed by atoms with E-state index < -0.39 is 12.1 Å². The number of hydrogen-bond acceptors (Lipinski definition) is 4. The second-order valence-electron chi connectivity index (χ2n) is 8.64. The van der Waals surface area contributed by atoms with Gasteiger partial charge in [0.2, 0.25) is 5.91 Å². The van der Waals surface area contributed by atoms with E-state index in [1.54, 1.807) is 12.1 Å². The van der Waals surface area contributed by atoms with Gasteiger partial charge in [-0.1, -0.05) is 18.0 Å². The molecule has 1 aliphatic carbocycles. The number of benzene rings is 1. The zero-order valence-electron chi connectivity index (χ0n) is 17.4. The molecule has 2 amide bonds. The van der Waals surface area contributed by atoms with E-state index in [0.29, 0.717) is 36.3 Å². The predicted octanol–water partition coefficient (Wildman–Crippen LogP) is 3.23. The fourth-order valence-corrected chi connectivity index (χ4v) is 4.81. The summed E-state index contributed by atoms with van der Waals surface area (Å²) in [4.78, 5) is 30.7. The van der Waals surface area contributed by atoms with E-state index in [0.717, 1.165) is 25.1 Å². The van der Waals surface area contributed by atoms with Crippen molar-refractivity contribution in [2.75, 3.05) is 32.7 Å². The lowest BCUT2D eigenvalue weighted by Crippen LogP contribution is -2.49. The molecule has 3 fully saturated rings. The average Bonchev–Trinajstić information content (AvgIpc) is 2.94. The maximum atomic E-state index is 13.3. The third kappa shape index (κ3) is 4.52. The molecule has 0 bridgehead atoms. The van der Waals surface area contributed by atoms with Gasteiger partial charge in [-0.2, -0.15) is 0 Å². The molecule has 8 heteroatoms. The zero-order valence-corrected chi connectivity index (χ0v) is 18.2. The van der Waals surface area contributed by atoms with Crippen LogP contribution in [0.4, 0.5) is 4.79 Å². The molecule has 30 heavy (non-hydrogen) atoms. The molecule has 3 aliphatic rings. The van der Waals surface area contributed by atoms with Gasteiger partial charge in [0.25, 0.3) is 0 Å². The molecule has 2 heterocycles. The monoisotopic (exact) mass is 435 g/mol. The molecule has 0 spiro atoms. The second-order valence-corrected chi connectivity index (χ2v) is 9.04. The smallest absolute Gasteiger partial charge is 0.408 e. The van der Waals surface area contributed by atoms with Crippen molar-refractivity contribution in [1.29, 1.82) is 0 Å². The van der Waals surface area contributed by atoms with Crippen LogP contribution in [0.3, 0.4) is 0 Å². The van der Waals surface area contributed by atoms with E-state index in [9.17, 15) is 14.7 Å². The van der Waals surface area contributed by atoms with Crippen LogP contribution in [0.15, 0.2) is 18.2 Å². The van der Waals surface area contributed by atoms with Gasteiger partial charge < -0.3 is 14.7 Å². The van der Waals surface area contributed by atoms with Crippen LogP contribution >= 0.6 is 11.6 Å². The first-order valence-electron chi connectivity index (χ1n) is 10.9. The first kappa shape index (κ1) is 21.2. The Morgan fingerprint density at radius 3 is 2.60 bits per heavy atom. The number of amides is 2. The summed E-state index contributed by atoms with van der Waals surface area (Å²) in [7, 11) is 0. The Hall–Kier alpha value is -1.99. The lowest BCUT2D eigenvalue weighted by Gasteiger charge is -2.36. The van der Waals surface area contributed by atoms with Crippen molar-refractivity contribution in [3.63, 3.8) is 0 Å². The van der Waals surface area contributed by atoms with Crippen LogP contribution in [0.2, 0.25) is 5.02 Å². The Labute approximate surface area is 182 Å². The van der Waals surface area contributed by atoms with Gasteiger partial charge in [-0.15, -0.1) is 0 Å². The number of carbonyl (C=O) groups excluding carboxylic acids is 1. The molecule has 164 valence electrons. The molecule has 4 rings (SSSR count). The number of hydrogen-bond donors (Lipinski definition) is 1. The topological polar surface area (TPSA) is 73.3 Å². The van der Waals surface area contributed by atoms with Crippen molar-refractivity contribution in [1.82, 2.24) is 14.7 Å². The highest BCUT2D eigenvalue weighted by Gasteiger charge is 2.43. The molecule has 1 N–H and O–H groups in total. The lowest BCUT2D eigenvalue weighted by atomic mass is 9.91. The molecular weight excluding hydrogens is 406 g/mol. The maximum Gasteiger partial charge on any atom is 0.408 e. The highest BCUT2D eigenvalue weighted by atomic mass is 35.5. The van der Waals surface area contributed by atoms with Gasteiger partial charge in [0, 0.05) is 43.7 Å². The summed E-state index contributed by atoms with van der Waals surface area (Å²) in [5.41, 5.74) is 0.899. The fourth-order valence-electron chi connectivity index (χ4n) is 4.70. The standard InChI is InChI=1S/C22H30ClN3O4/c1-15-12-17(6-7-19(15)23)30-18-13-20(26(14-18)22(28)29)21(27)25-9-3-8-24(10-11-25)16-4-2-5-16/h6-7,12,16,18,20H,2-5,8-11,13-14H2,1H3,(H,28,29)/t18-,20+/m0/s1. The molecule has 0 radical (unpaired) electrons. The summed E-state index contributed by atoms with van der Waals surface area (Å²) < 4.78 is 6.01. The number of ether oxygens (including phenoxy) is 1. The Bertz CT molecular complexity index is 801. The summed E-state index contributed by atoms with van der Waals surface area (Å²) in [5, 5.41) is 10.3. The SMILES string of the molecule is Cc1cc(O[C@H]2C[C@H](C(=O)N3CCCN(C4CCC4)CC3)N(C(=O)O)C2)ccc1Cl.